The maximum atomic E-state index is 12.5. The minimum Gasteiger partial charge on any atom is -0.508 e. The molecule has 1 N–H and O–H groups in total. The fourth-order valence-electron chi connectivity index (χ4n) is 2.62. The molecular weight excluding hydrogens is 330 g/mol. The minimum atomic E-state index is -0.218. The molecule has 0 bridgehead atoms. The maximum Gasteiger partial charge on any atom is 0.241 e. The SMILES string of the molecule is O=C1C=CC(O)=C1CCN1C(=O)C(Cc2ccccc2)SC1=S. The summed E-state index contributed by atoms with van der Waals surface area (Å²) in [6.07, 6.45) is 3.66. The number of ketones is 1. The molecule has 3 rings (SSSR count). The van der Waals surface area contributed by atoms with Crippen LogP contribution in [0.5, 0.6) is 0 Å². The second kappa shape index (κ2) is 6.68. The van der Waals surface area contributed by atoms with Crippen molar-refractivity contribution in [3.05, 3.63) is 59.4 Å². The topological polar surface area (TPSA) is 57.6 Å². The molecule has 118 valence electrons. The third-order valence-corrected chi connectivity index (χ3v) is 5.44. The van der Waals surface area contributed by atoms with Crippen molar-refractivity contribution in [2.75, 3.05) is 6.54 Å². The Morgan fingerprint density at radius 2 is 1.91 bits per heavy atom. The van der Waals surface area contributed by atoms with Crippen molar-refractivity contribution in [3.63, 3.8) is 0 Å². The molecule has 23 heavy (non-hydrogen) atoms. The Kier molecular flexibility index (Phi) is 4.63. The van der Waals surface area contributed by atoms with E-state index in [9.17, 15) is 14.7 Å². The van der Waals surface area contributed by atoms with Crippen LogP contribution in [0, 0.1) is 0 Å². The molecule has 0 saturated carbocycles. The monoisotopic (exact) mass is 345 g/mol. The van der Waals surface area contributed by atoms with Gasteiger partial charge in [-0.25, -0.2) is 0 Å². The summed E-state index contributed by atoms with van der Waals surface area (Å²) in [5.41, 5.74) is 1.44. The van der Waals surface area contributed by atoms with Crippen molar-refractivity contribution >= 4 is 40.0 Å². The Balaban J connectivity index is 1.63. The van der Waals surface area contributed by atoms with E-state index in [1.165, 1.54) is 23.9 Å². The van der Waals surface area contributed by atoms with Gasteiger partial charge in [0.15, 0.2) is 5.78 Å². The van der Waals surface area contributed by atoms with E-state index in [1.54, 1.807) is 4.90 Å². The molecule has 1 aliphatic heterocycles. The van der Waals surface area contributed by atoms with E-state index in [4.69, 9.17) is 12.2 Å². The zero-order valence-electron chi connectivity index (χ0n) is 12.3. The largest absolute Gasteiger partial charge is 0.508 e. The number of benzene rings is 1. The van der Waals surface area contributed by atoms with Crippen LogP contribution in [0.4, 0.5) is 0 Å². The average Bonchev–Trinajstić information content (AvgIpc) is 2.99. The number of aliphatic hydroxyl groups excluding tert-OH is 1. The van der Waals surface area contributed by atoms with Gasteiger partial charge in [0.1, 0.15) is 10.1 Å². The molecule has 1 aromatic rings. The highest BCUT2D eigenvalue weighted by Gasteiger charge is 2.37. The van der Waals surface area contributed by atoms with Gasteiger partial charge in [-0.1, -0.05) is 54.3 Å². The van der Waals surface area contributed by atoms with Crippen molar-refractivity contribution in [2.45, 2.75) is 18.1 Å². The average molecular weight is 345 g/mol. The van der Waals surface area contributed by atoms with Crippen LogP contribution in [0.3, 0.4) is 0 Å². The van der Waals surface area contributed by atoms with Gasteiger partial charge < -0.3 is 5.11 Å². The van der Waals surface area contributed by atoms with Crippen LogP contribution < -0.4 is 0 Å². The van der Waals surface area contributed by atoms with Crippen LogP contribution in [-0.2, 0) is 16.0 Å². The summed E-state index contributed by atoms with van der Waals surface area (Å²) >= 11 is 6.69. The van der Waals surface area contributed by atoms with Gasteiger partial charge in [0.2, 0.25) is 5.91 Å². The van der Waals surface area contributed by atoms with Crippen molar-refractivity contribution < 1.29 is 14.7 Å². The van der Waals surface area contributed by atoms with E-state index < -0.39 is 0 Å². The molecule has 0 aromatic heterocycles. The number of hydrogen-bond donors (Lipinski definition) is 1. The molecule has 4 nitrogen and oxygen atoms in total. The molecule has 1 amide bonds. The standard InChI is InChI=1S/C17H15NO3S2/c19-13-6-7-14(20)12(13)8-9-18-16(21)15(23-17(18)22)10-11-4-2-1-3-5-11/h1-7,15,19H,8-10H2. The van der Waals surface area contributed by atoms with Gasteiger partial charge in [-0.15, -0.1) is 0 Å². The zero-order valence-corrected chi connectivity index (χ0v) is 13.9. The summed E-state index contributed by atoms with van der Waals surface area (Å²) < 4.78 is 0.537. The first-order valence-electron chi connectivity index (χ1n) is 7.26. The van der Waals surface area contributed by atoms with Gasteiger partial charge in [0.05, 0.1) is 5.25 Å². The van der Waals surface area contributed by atoms with Crippen LogP contribution in [0.15, 0.2) is 53.8 Å². The molecule has 1 aromatic carbocycles. The first-order valence-corrected chi connectivity index (χ1v) is 8.55. The van der Waals surface area contributed by atoms with E-state index in [2.05, 4.69) is 0 Å². The van der Waals surface area contributed by atoms with E-state index in [0.29, 0.717) is 29.3 Å². The van der Waals surface area contributed by atoms with Gasteiger partial charge in [0.25, 0.3) is 0 Å². The first-order chi connectivity index (χ1) is 11.1. The number of hydrogen-bond acceptors (Lipinski definition) is 5. The number of amides is 1. The lowest BCUT2D eigenvalue weighted by atomic mass is 10.1. The molecule has 1 fully saturated rings. The lowest BCUT2D eigenvalue weighted by Gasteiger charge is -2.15. The highest BCUT2D eigenvalue weighted by atomic mass is 32.2. The van der Waals surface area contributed by atoms with Gasteiger partial charge in [-0.3, -0.25) is 14.5 Å². The molecule has 1 heterocycles. The van der Waals surface area contributed by atoms with Crippen molar-refractivity contribution in [2.24, 2.45) is 0 Å². The molecule has 2 aliphatic rings. The number of carbonyl (C=O) groups is 2. The molecule has 0 spiro atoms. The Morgan fingerprint density at radius 3 is 2.57 bits per heavy atom. The smallest absolute Gasteiger partial charge is 0.241 e. The highest BCUT2D eigenvalue weighted by molar-refractivity contribution is 8.24. The van der Waals surface area contributed by atoms with Crippen LogP contribution >= 0.6 is 24.0 Å². The maximum absolute atomic E-state index is 12.5. The lowest BCUT2D eigenvalue weighted by molar-refractivity contribution is -0.126. The number of carbonyl (C=O) groups excluding carboxylic acids is 2. The molecular formula is C17H15NO3S2. The van der Waals surface area contributed by atoms with Crippen LogP contribution in [-0.4, -0.2) is 37.8 Å². The number of nitrogens with zero attached hydrogens (tertiary/aromatic N) is 1. The van der Waals surface area contributed by atoms with Crippen LogP contribution in [0.25, 0.3) is 0 Å². The zero-order chi connectivity index (χ0) is 16.4. The van der Waals surface area contributed by atoms with Gasteiger partial charge in [0, 0.05) is 12.1 Å². The second-order valence-corrected chi connectivity index (χ2v) is 7.20. The third-order valence-electron chi connectivity index (χ3n) is 3.85. The third kappa shape index (κ3) is 3.38. The summed E-state index contributed by atoms with van der Waals surface area (Å²) in [5, 5.41) is 9.42. The first kappa shape index (κ1) is 16.0. The van der Waals surface area contributed by atoms with Crippen LogP contribution in [0.1, 0.15) is 12.0 Å². The molecule has 1 atom stereocenters. The Bertz CT molecular complexity index is 725. The number of aliphatic hydroxyl groups is 1. The number of rotatable bonds is 5. The molecule has 6 heteroatoms. The lowest BCUT2D eigenvalue weighted by Crippen LogP contribution is -2.33. The Labute approximate surface area is 143 Å². The molecule has 1 unspecified atom stereocenters. The highest BCUT2D eigenvalue weighted by Crippen LogP contribution is 2.31. The minimum absolute atomic E-state index is 0.0129. The van der Waals surface area contributed by atoms with Gasteiger partial charge in [-0.05, 0) is 30.6 Å². The molecule has 1 aliphatic carbocycles. The quantitative estimate of drug-likeness (QED) is 0.832. The predicted molar refractivity (Wildman–Crippen MR) is 94.3 cm³/mol. The number of allylic oxidation sites excluding steroid dienone is 2. The number of thiocarbonyl (C=S) groups is 1. The Hall–Kier alpha value is -1.92. The summed E-state index contributed by atoms with van der Waals surface area (Å²) in [6.45, 7) is 0.322. The normalized spacial score (nSPS) is 21.0. The van der Waals surface area contributed by atoms with Crippen molar-refractivity contribution in [1.82, 2.24) is 4.90 Å². The number of thioether (sulfide) groups is 1. The Morgan fingerprint density at radius 1 is 1.17 bits per heavy atom. The molecule has 1 saturated heterocycles. The summed E-state index contributed by atoms with van der Waals surface area (Å²) in [4.78, 5) is 25.7. The fourth-order valence-corrected chi connectivity index (χ4v) is 4.20. The van der Waals surface area contributed by atoms with Crippen molar-refractivity contribution in [1.29, 1.82) is 0 Å². The van der Waals surface area contributed by atoms with Gasteiger partial charge in [-0.2, -0.15) is 0 Å². The van der Waals surface area contributed by atoms with E-state index in [-0.39, 0.29) is 22.7 Å². The predicted octanol–water partition coefficient (Wildman–Crippen LogP) is 2.80. The van der Waals surface area contributed by atoms with E-state index in [1.807, 2.05) is 30.3 Å². The summed E-state index contributed by atoms with van der Waals surface area (Å²) in [5.74, 6) is -0.239. The van der Waals surface area contributed by atoms with Gasteiger partial charge >= 0.3 is 0 Å². The van der Waals surface area contributed by atoms with Crippen LogP contribution in [0.2, 0.25) is 0 Å². The second-order valence-electron chi connectivity index (χ2n) is 5.36. The molecule has 0 radical (unpaired) electrons. The summed E-state index contributed by atoms with van der Waals surface area (Å²) in [7, 11) is 0. The van der Waals surface area contributed by atoms with E-state index >= 15 is 0 Å². The fraction of sp³-hybridized carbons (Fsp3) is 0.235. The summed E-state index contributed by atoms with van der Waals surface area (Å²) in [6, 6.07) is 9.82. The van der Waals surface area contributed by atoms with E-state index in [0.717, 1.165) is 5.56 Å². The van der Waals surface area contributed by atoms with Crippen molar-refractivity contribution in [3.8, 4) is 0 Å².